The Kier molecular flexibility index (Phi) is 3.04. The second-order valence-corrected chi connectivity index (χ2v) is 3.02. The summed E-state index contributed by atoms with van der Waals surface area (Å²) in [7, 11) is 0. The van der Waals surface area contributed by atoms with Crippen LogP contribution in [0.1, 0.15) is 0 Å². The maximum Gasteiger partial charge on any atom is 0.366 e. The van der Waals surface area contributed by atoms with Crippen molar-refractivity contribution in [2.24, 2.45) is 0 Å². The summed E-state index contributed by atoms with van der Waals surface area (Å²) in [6, 6.07) is 1.50. The van der Waals surface area contributed by atoms with Gasteiger partial charge in [-0.25, -0.2) is 0 Å². The molecule has 0 aliphatic rings. The van der Waals surface area contributed by atoms with Crippen LogP contribution in [0.3, 0.4) is 0 Å². The van der Waals surface area contributed by atoms with Crippen LogP contribution >= 0.6 is 12.6 Å². The van der Waals surface area contributed by atoms with Crippen molar-refractivity contribution >= 4 is 29.7 Å². The van der Waals surface area contributed by atoms with E-state index in [4.69, 9.17) is 0 Å². The molecule has 9 nitrogen and oxygen atoms in total. The minimum atomic E-state index is -1.08. The largest absolute Gasteiger partial charge is 0.366 e. The van der Waals surface area contributed by atoms with Gasteiger partial charge in [-0.2, -0.15) is 0 Å². The number of nitro groups is 3. The third kappa shape index (κ3) is 1.91. The molecule has 0 aromatic heterocycles. The van der Waals surface area contributed by atoms with Crippen LogP contribution in [-0.4, -0.2) is 14.8 Å². The molecule has 0 radical (unpaired) electrons. The van der Waals surface area contributed by atoms with E-state index in [0.29, 0.717) is 6.07 Å². The highest BCUT2D eigenvalue weighted by Crippen LogP contribution is 2.38. The quantitative estimate of drug-likeness (QED) is 0.490. The van der Waals surface area contributed by atoms with Crippen molar-refractivity contribution in [1.29, 1.82) is 0 Å². The Balaban J connectivity index is 3.60. The Morgan fingerprint density at radius 1 is 0.875 bits per heavy atom. The van der Waals surface area contributed by atoms with Crippen molar-refractivity contribution in [3.05, 3.63) is 42.5 Å². The fourth-order valence-electron chi connectivity index (χ4n) is 1.03. The predicted molar refractivity (Wildman–Crippen MR) is 53.7 cm³/mol. The van der Waals surface area contributed by atoms with E-state index in [-0.39, 0.29) is 0 Å². The molecule has 0 saturated carbocycles. The molecule has 0 aliphatic carbocycles. The number of benzene rings is 1. The maximum absolute atomic E-state index is 10.6. The Labute approximate surface area is 92.5 Å². The molecule has 0 spiro atoms. The smallest absolute Gasteiger partial charge is 0.258 e. The first-order valence-electron chi connectivity index (χ1n) is 3.65. The summed E-state index contributed by atoms with van der Waals surface area (Å²) in [5, 5.41) is 31.5. The summed E-state index contributed by atoms with van der Waals surface area (Å²) < 4.78 is 0. The van der Waals surface area contributed by atoms with Gasteiger partial charge in [0.1, 0.15) is 0 Å². The van der Waals surface area contributed by atoms with Crippen LogP contribution in [0.15, 0.2) is 17.0 Å². The van der Waals surface area contributed by atoms with Crippen molar-refractivity contribution in [2.45, 2.75) is 4.90 Å². The normalized spacial score (nSPS) is 9.81. The molecule has 0 heterocycles. The molecule has 10 heteroatoms. The van der Waals surface area contributed by atoms with Crippen molar-refractivity contribution in [1.82, 2.24) is 0 Å². The molecule has 0 saturated heterocycles. The molecule has 1 aromatic carbocycles. The molecule has 0 atom stereocenters. The average Bonchev–Trinajstić information content (AvgIpc) is 2.15. The number of nitro benzene ring substituents is 3. The molecular formula is C6H3N3O6S. The average molecular weight is 245 g/mol. The van der Waals surface area contributed by atoms with E-state index in [2.05, 4.69) is 12.6 Å². The first-order chi connectivity index (χ1) is 7.36. The summed E-state index contributed by atoms with van der Waals surface area (Å²) in [5.41, 5.74) is -2.47. The molecular weight excluding hydrogens is 242 g/mol. The zero-order valence-corrected chi connectivity index (χ0v) is 8.29. The van der Waals surface area contributed by atoms with Crippen molar-refractivity contribution < 1.29 is 14.8 Å². The SMILES string of the molecule is O=[N+]([O-])c1ccc([N+](=O)[O-])c([N+](=O)[O-])c1S. The maximum atomic E-state index is 10.6. The van der Waals surface area contributed by atoms with Gasteiger partial charge in [-0.3, -0.25) is 30.3 Å². The van der Waals surface area contributed by atoms with Crippen molar-refractivity contribution in [2.75, 3.05) is 0 Å². The second kappa shape index (κ2) is 4.10. The van der Waals surface area contributed by atoms with E-state index in [0.717, 1.165) is 6.07 Å². The lowest BCUT2D eigenvalue weighted by atomic mass is 10.2. The summed E-state index contributed by atoms with van der Waals surface area (Å²) in [4.78, 5) is 27.8. The monoisotopic (exact) mass is 245 g/mol. The predicted octanol–water partition coefficient (Wildman–Crippen LogP) is 1.70. The Bertz CT molecular complexity index is 501. The van der Waals surface area contributed by atoms with Crippen LogP contribution in [-0.2, 0) is 0 Å². The van der Waals surface area contributed by atoms with Crippen LogP contribution in [0.25, 0.3) is 0 Å². The van der Waals surface area contributed by atoms with E-state index >= 15 is 0 Å². The minimum Gasteiger partial charge on any atom is -0.258 e. The Hall–Kier alpha value is -2.23. The third-order valence-electron chi connectivity index (χ3n) is 1.68. The number of hydrogen-bond donors (Lipinski definition) is 1. The first kappa shape index (κ1) is 11.8. The molecule has 16 heavy (non-hydrogen) atoms. The Morgan fingerprint density at radius 3 is 1.69 bits per heavy atom. The van der Waals surface area contributed by atoms with Gasteiger partial charge in [0.2, 0.25) is 0 Å². The highest BCUT2D eigenvalue weighted by Gasteiger charge is 2.33. The lowest BCUT2D eigenvalue weighted by molar-refractivity contribution is -0.427. The zero-order chi connectivity index (χ0) is 12.5. The fourth-order valence-corrected chi connectivity index (χ4v) is 1.39. The van der Waals surface area contributed by atoms with E-state index in [1.165, 1.54) is 0 Å². The van der Waals surface area contributed by atoms with E-state index in [1.54, 1.807) is 0 Å². The molecule has 0 fully saturated rings. The fraction of sp³-hybridized carbons (Fsp3) is 0. The molecule has 0 N–H and O–H groups in total. The first-order valence-corrected chi connectivity index (χ1v) is 4.10. The molecule has 0 aliphatic heterocycles. The topological polar surface area (TPSA) is 129 Å². The van der Waals surface area contributed by atoms with Gasteiger partial charge in [-0.1, -0.05) is 0 Å². The van der Waals surface area contributed by atoms with E-state index in [9.17, 15) is 30.3 Å². The van der Waals surface area contributed by atoms with Crippen LogP contribution in [0, 0.1) is 30.3 Å². The second-order valence-electron chi connectivity index (χ2n) is 2.57. The molecule has 1 aromatic rings. The van der Waals surface area contributed by atoms with Gasteiger partial charge in [-0.05, 0) is 0 Å². The van der Waals surface area contributed by atoms with Crippen LogP contribution in [0.4, 0.5) is 17.1 Å². The van der Waals surface area contributed by atoms with E-state index in [1.807, 2.05) is 0 Å². The number of rotatable bonds is 3. The molecule has 1 rings (SSSR count). The lowest BCUT2D eigenvalue weighted by Gasteiger charge is -1.98. The third-order valence-corrected chi connectivity index (χ3v) is 2.13. The van der Waals surface area contributed by atoms with Gasteiger partial charge in [0.05, 0.1) is 14.8 Å². The summed E-state index contributed by atoms with van der Waals surface area (Å²) in [6.45, 7) is 0. The van der Waals surface area contributed by atoms with Crippen LogP contribution in [0.2, 0.25) is 0 Å². The molecule has 0 amide bonds. The van der Waals surface area contributed by atoms with Gasteiger partial charge in [-0.15, -0.1) is 12.6 Å². The summed E-state index contributed by atoms with van der Waals surface area (Å²) >= 11 is 3.57. The highest BCUT2D eigenvalue weighted by molar-refractivity contribution is 7.80. The summed E-state index contributed by atoms with van der Waals surface area (Å²) in [5.74, 6) is 0. The zero-order valence-electron chi connectivity index (χ0n) is 7.39. The minimum absolute atomic E-state index is 0.635. The van der Waals surface area contributed by atoms with Crippen LogP contribution in [0.5, 0.6) is 0 Å². The van der Waals surface area contributed by atoms with Gasteiger partial charge in [0.15, 0.2) is 4.90 Å². The standard InChI is InChI=1S/C6H3N3O6S/c10-7(11)3-1-2-4(8(12)13)6(16)5(3)9(14)15/h1-2,16H. The lowest BCUT2D eigenvalue weighted by Crippen LogP contribution is -2.00. The van der Waals surface area contributed by atoms with Gasteiger partial charge in [0.25, 0.3) is 5.69 Å². The van der Waals surface area contributed by atoms with Gasteiger partial charge < -0.3 is 0 Å². The van der Waals surface area contributed by atoms with Gasteiger partial charge >= 0.3 is 11.4 Å². The Morgan fingerprint density at radius 2 is 1.31 bits per heavy atom. The van der Waals surface area contributed by atoms with Crippen LogP contribution < -0.4 is 0 Å². The van der Waals surface area contributed by atoms with Gasteiger partial charge in [0, 0.05) is 12.1 Å². The molecule has 0 unspecified atom stereocenters. The molecule has 0 bridgehead atoms. The van der Waals surface area contributed by atoms with Crippen molar-refractivity contribution in [3.8, 4) is 0 Å². The number of hydrogen-bond acceptors (Lipinski definition) is 7. The van der Waals surface area contributed by atoms with Crippen molar-refractivity contribution in [3.63, 3.8) is 0 Å². The number of nitrogens with zero attached hydrogens (tertiary/aromatic N) is 3. The summed E-state index contributed by atoms with van der Waals surface area (Å²) in [6.07, 6.45) is 0. The molecule has 84 valence electrons. The van der Waals surface area contributed by atoms with E-state index < -0.39 is 36.7 Å². The number of thiol groups is 1. The highest BCUT2D eigenvalue weighted by atomic mass is 32.1.